The molecule has 214 valence electrons. The molecule has 2 aromatic heterocycles. The number of rotatable bonds is 7. The number of likely N-dealkylation sites (tertiary alicyclic amines) is 1. The molecule has 12 heteroatoms. The van der Waals surface area contributed by atoms with Crippen LogP contribution in [-0.4, -0.2) is 99.4 Å². The normalized spacial score (nSPS) is 17.0. The summed E-state index contributed by atoms with van der Waals surface area (Å²) < 4.78 is 10.9. The minimum Gasteiger partial charge on any atom is -0.497 e. The number of ether oxygens (including phenoxy) is 2. The number of anilines is 1. The van der Waals surface area contributed by atoms with E-state index in [-0.39, 0.29) is 11.6 Å². The third-order valence-electron chi connectivity index (χ3n) is 7.15. The number of hydrogen-bond donors (Lipinski definition) is 2. The maximum Gasteiger partial charge on any atom is 0.327 e. The predicted octanol–water partition coefficient (Wildman–Crippen LogP) is 2.75. The molecule has 3 aromatic rings. The van der Waals surface area contributed by atoms with Crippen molar-refractivity contribution in [2.45, 2.75) is 44.4 Å². The van der Waals surface area contributed by atoms with Gasteiger partial charge in [0.05, 0.1) is 38.1 Å². The van der Waals surface area contributed by atoms with E-state index in [2.05, 4.69) is 32.1 Å². The van der Waals surface area contributed by atoms with Crippen molar-refractivity contribution in [3.05, 3.63) is 48.4 Å². The average molecular weight is 552 g/mol. The summed E-state index contributed by atoms with van der Waals surface area (Å²) in [4.78, 5) is 38.5. The highest BCUT2D eigenvalue weighted by molar-refractivity contribution is 5.94. The van der Waals surface area contributed by atoms with Gasteiger partial charge < -0.3 is 29.2 Å². The van der Waals surface area contributed by atoms with Crippen LogP contribution in [0, 0.1) is 0 Å². The number of carbonyl (C=O) groups is 2. The molecule has 2 saturated heterocycles. The number of aldehydes is 1. The summed E-state index contributed by atoms with van der Waals surface area (Å²) in [7, 11) is 5.34. The molecule has 0 unspecified atom stereocenters. The average Bonchev–Trinajstić information content (AvgIpc) is 3.58. The van der Waals surface area contributed by atoms with E-state index in [9.17, 15) is 9.59 Å². The number of piperidine rings is 1. The number of nitrogens with zero attached hydrogens (tertiary/aromatic N) is 6. The van der Waals surface area contributed by atoms with Gasteiger partial charge in [-0.1, -0.05) is 12.1 Å². The van der Waals surface area contributed by atoms with Crippen molar-refractivity contribution in [2.24, 2.45) is 0 Å². The Morgan fingerprint density at radius 3 is 2.50 bits per heavy atom. The van der Waals surface area contributed by atoms with E-state index in [4.69, 9.17) is 14.6 Å². The molecule has 2 amide bonds. The molecule has 0 atom stereocenters. The summed E-state index contributed by atoms with van der Waals surface area (Å²) in [5.41, 5.74) is 1.14. The Hall–Kier alpha value is -4.03. The molecule has 0 aliphatic carbocycles. The van der Waals surface area contributed by atoms with Gasteiger partial charge in [0, 0.05) is 37.6 Å². The van der Waals surface area contributed by atoms with Crippen LogP contribution >= 0.6 is 0 Å². The first-order valence-electron chi connectivity index (χ1n) is 13.1. The molecule has 2 N–H and O–H groups in total. The third-order valence-corrected chi connectivity index (χ3v) is 7.15. The van der Waals surface area contributed by atoms with Crippen LogP contribution in [0.4, 0.5) is 10.7 Å². The van der Waals surface area contributed by atoms with E-state index in [1.165, 1.54) is 13.8 Å². The van der Waals surface area contributed by atoms with Crippen LogP contribution in [0.3, 0.4) is 0 Å². The number of aromatic amines is 1. The van der Waals surface area contributed by atoms with Gasteiger partial charge in [0.2, 0.25) is 11.8 Å². The van der Waals surface area contributed by atoms with Gasteiger partial charge in [-0.3, -0.25) is 10.00 Å². The van der Waals surface area contributed by atoms with Gasteiger partial charge in [-0.15, -0.1) is 0 Å². The van der Waals surface area contributed by atoms with Gasteiger partial charge in [0.15, 0.2) is 6.29 Å². The van der Waals surface area contributed by atoms with Gasteiger partial charge in [0.25, 0.3) is 0 Å². The fourth-order valence-electron chi connectivity index (χ4n) is 4.84. The molecule has 1 spiro atoms. The summed E-state index contributed by atoms with van der Waals surface area (Å²) in [6.07, 6.45) is 7.40. The van der Waals surface area contributed by atoms with Crippen LogP contribution in [0.25, 0.3) is 11.1 Å². The van der Waals surface area contributed by atoms with E-state index in [0.717, 1.165) is 42.8 Å². The van der Waals surface area contributed by atoms with Crippen molar-refractivity contribution in [1.82, 2.24) is 30.0 Å². The number of carbonyl (C=O) groups excluding carboxylic acids is 2. The lowest BCUT2D eigenvalue weighted by Gasteiger charge is -2.42. The third kappa shape index (κ3) is 6.40. The number of methoxy groups -OCH3 is 2. The van der Waals surface area contributed by atoms with Gasteiger partial charge in [-0.2, -0.15) is 10.1 Å². The maximum atomic E-state index is 13.8. The topological polar surface area (TPSA) is 137 Å². The minimum atomic E-state index is -1.14. The molecule has 5 rings (SSSR count). The number of amides is 2. The van der Waals surface area contributed by atoms with Crippen LogP contribution in [0.15, 0.2) is 42.9 Å². The summed E-state index contributed by atoms with van der Waals surface area (Å²) >= 11 is 0. The summed E-state index contributed by atoms with van der Waals surface area (Å²) in [5.74, 6) is 1.53. The Balaban J connectivity index is 0.000000557. The quantitative estimate of drug-likeness (QED) is 0.425. The van der Waals surface area contributed by atoms with E-state index in [1.807, 2.05) is 29.2 Å². The maximum absolute atomic E-state index is 13.8. The van der Waals surface area contributed by atoms with E-state index in [1.54, 1.807) is 37.7 Å². The molecule has 0 saturated carbocycles. The Kier molecular flexibility index (Phi) is 8.70. The fourth-order valence-corrected chi connectivity index (χ4v) is 4.84. The second-order valence-corrected chi connectivity index (χ2v) is 10.7. The number of aliphatic hydroxyl groups is 1. The number of aromatic nitrogens is 4. The van der Waals surface area contributed by atoms with Gasteiger partial charge in [-0.05, 0) is 51.4 Å². The SMILES string of the molecule is CC(C)(O)C=O.COc1cccc(CN2C(=O)N(c3ncc(-c4cn[nH]c4)c(OC)n3)CC23CCN(C)CC3)c1. The summed E-state index contributed by atoms with van der Waals surface area (Å²) in [6, 6.07) is 7.79. The van der Waals surface area contributed by atoms with Crippen molar-refractivity contribution in [3.8, 4) is 22.8 Å². The zero-order valence-electron chi connectivity index (χ0n) is 23.6. The molecular formula is C28H37N7O5. The van der Waals surface area contributed by atoms with Crippen molar-refractivity contribution in [3.63, 3.8) is 0 Å². The largest absolute Gasteiger partial charge is 0.497 e. The van der Waals surface area contributed by atoms with E-state index in [0.29, 0.717) is 36.8 Å². The smallest absolute Gasteiger partial charge is 0.327 e. The molecule has 2 fully saturated rings. The highest BCUT2D eigenvalue weighted by atomic mass is 16.5. The van der Waals surface area contributed by atoms with Gasteiger partial charge in [-0.25, -0.2) is 9.78 Å². The molecule has 0 radical (unpaired) electrons. The molecule has 2 aliphatic rings. The second kappa shape index (κ2) is 12.0. The summed E-state index contributed by atoms with van der Waals surface area (Å²) in [5, 5.41) is 15.2. The first-order chi connectivity index (χ1) is 19.1. The van der Waals surface area contributed by atoms with Crippen LogP contribution in [-0.2, 0) is 11.3 Å². The lowest BCUT2D eigenvalue weighted by molar-refractivity contribution is -0.120. The standard InChI is InChI=1S/C24H29N7O3.C4H8O2/c1-29-9-7-24(8-10-29)16-30(23(32)31(24)15-17-5-4-6-19(11-17)33-2)22-25-14-20(21(28-22)34-3)18-12-26-27-13-18;1-4(2,6)3-5/h4-6,11-14H,7-10,15-16H2,1-3H3,(H,26,27);3,6H,1-2H3. The number of urea groups is 1. The van der Waals surface area contributed by atoms with Crippen LogP contribution in [0.1, 0.15) is 32.3 Å². The molecule has 4 heterocycles. The molecule has 0 bridgehead atoms. The molecule has 1 aromatic carbocycles. The molecule has 40 heavy (non-hydrogen) atoms. The van der Waals surface area contributed by atoms with Crippen molar-refractivity contribution in [2.75, 3.05) is 45.8 Å². The second-order valence-electron chi connectivity index (χ2n) is 10.7. The molecule has 12 nitrogen and oxygen atoms in total. The Labute approximate surface area is 233 Å². The van der Waals surface area contributed by atoms with Gasteiger partial charge in [0.1, 0.15) is 11.4 Å². The van der Waals surface area contributed by atoms with Gasteiger partial charge >= 0.3 is 6.03 Å². The highest BCUT2D eigenvalue weighted by Crippen LogP contribution is 2.39. The minimum absolute atomic E-state index is 0.0921. The zero-order chi connectivity index (χ0) is 28.9. The van der Waals surface area contributed by atoms with E-state index >= 15 is 0 Å². The van der Waals surface area contributed by atoms with Crippen molar-refractivity contribution < 1.29 is 24.2 Å². The zero-order valence-corrected chi connectivity index (χ0v) is 23.6. The number of nitrogens with one attached hydrogen (secondary N) is 1. The van der Waals surface area contributed by atoms with E-state index < -0.39 is 5.60 Å². The first kappa shape index (κ1) is 29.0. The van der Waals surface area contributed by atoms with Crippen LogP contribution in [0.2, 0.25) is 0 Å². The highest BCUT2D eigenvalue weighted by Gasteiger charge is 2.51. The number of hydrogen-bond acceptors (Lipinski definition) is 9. The Bertz CT molecular complexity index is 1300. The predicted molar refractivity (Wildman–Crippen MR) is 149 cm³/mol. The molecular weight excluding hydrogens is 514 g/mol. The van der Waals surface area contributed by atoms with Crippen LogP contribution in [0.5, 0.6) is 11.6 Å². The Morgan fingerprint density at radius 1 is 1.18 bits per heavy atom. The number of H-pyrrole nitrogens is 1. The lowest BCUT2D eigenvalue weighted by atomic mass is 9.86. The van der Waals surface area contributed by atoms with Crippen molar-refractivity contribution in [1.29, 1.82) is 0 Å². The summed E-state index contributed by atoms with van der Waals surface area (Å²) in [6.45, 7) is 5.76. The van der Waals surface area contributed by atoms with Crippen molar-refractivity contribution >= 4 is 18.3 Å². The first-order valence-corrected chi connectivity index (χ1v) is 13.1. The number of benzene rings is 1. The lowest BCUT2D eigenvalue weighted by Crippen LogP contribution is -2.53. The Morgan fingerprint density at radius 2 is 1.90 bits per heavy atom. The molecule has 2 aliphatic heterocycles. The van der Waals surface area contributed by atoms with Crippen LogP contribution < -0.4 is 14.4 Å². The monoisotopic (exact) mass is 551 g/mol. The fraction of sp³-hybridized carbons (Fsp3) is 0.464.